The summed E-state index contributed by atoms with van der Waals surface area (Å²) in [5.41, 5.74) is 0. The summed E-state index contributed by atoms with van der Waals surface area (Å²) in [5.74, 6) is 0. The Bertz CT molecular complexity index is 857. The van der Waals surface area contributed by atoms with Crippen molar-refractivity contribution in [2.75, 3.05) is 0 Å². The fourth-order valence-corrected chi connectivity index (χ4v) is 18.9. The van der Waals surface area contributed by atoms with Crippen LogP contribution in [0.5, 0.6) is 0 Å². The highest BCUT2D eigenvalue weighted by molar-refractivity contribution is 7.10. The fourth-order valence-electron chi connectivity index (χ4n) is 3.40. The maximum atomic E-state index is 6.65. The first-order valence-electron chi connectivity index (χ1n) is 10.5. The van der Waals surface area contributed by atoms with Gasteiger partial charge in [-0.3, -0.25) is 0 Å². The van der Waals surface area contributed by atoms with E-state index in [1.165, 1.54) is 20.7 Å². The molecule has 3 aromatic carbocycles. The molecule has 152 valence electrons. The van der Waals surface area contributed by atoms with Crippen LogP contribution in [-0.2, 0) is 8.23 Å². The molecule has 0 aliphatic carbocycles. The van der Waals surface area contributed by atoms with Crippen LogP contribution >= 0.6 is 0 Å². The van der Waals surface area contributed by atoms with Crippen LogP contribution in [0.1, 0.15) is 0 Å². The summed E-state index contributed by atoms with van der Waals surface area (Å²) in [6, 6.07) is 30.9. The van der Waals surface area contributed by atoms with Crippen molar-refractivity contribution in [1.29, 1.82) is 0 Å². The summed E-state index contributed by atoms with van der Waals surface area (Å²) in [5, 5.41) is 5.53. The third-order valence-corrected chi connectivity index (χ3v) is 18.5. The molecule has 0 aliphatic heterocycles. The van der Waals surface area contributed by atoms with Gasteiger partial charge in [0.2, 0.25) is 18.1 Å². The zero-order chi connectivity index (χ0) is 20.6. The van der Waals surface area contributed by atoms with Crippen LogP contribution in [0.4, 0.5) is 0 Å². The SMILES string of the molecule is C[SiH](C)O[SiH](c1ccccc1)c1ccc([SiH](O[SiH2][SiH](C)C)c2ccccc2)cc1. The van der Waals surface area contributed by atoms with Gasteiger partial charge in [0.25, 0.3) is 0 Å². The van der Waals surface area contributed by atoms with E-state index < -0.39 is 35.4 Å². The minimum Gasteiger partial charge on any atom is -0.459 e. The van der Waals surface area contributed by atoms with Gasteiger partial charge >= 0.3 is 0 Å². The van der Waals surface area contributed by atoms with Crippen LogP contribution in [0, 0.1) is 0 Å². The molecule has 2 nitrogen and oxygen atoms in total. The minimum atomic E-state index is -1.61. The molecular formula is C22H32O2Si5. The zero-order valence-corrected chi connectivity index (χ0v) is 23.9. The molecule has 0 heterocycles. The Morgan fingerprint density at radius 2 is 0.966 bits per heavy atom. The summed E-state index contributed by atoms with van der Waals surface area (Å²) in [6.07, 6.45) is 0. The lowest BCUT2D eigenvalue weighted by Gasteiger charge is -2.22. The third kappa shape index (κ3) is 6.58. The van der Waals surface area contributed by atoms with Crippen LogP contribution in [0.15, 0.2) is 84.9 Å². The van der Waals surface area contributed by atoms with Crippen molar-refractivity contribution in [2.45, 2.75) is 26.2 Å². The maximum absolute atomic E-state index is 6.65. The molecule has 0 amide bonds. The van der Waals surface area contributed by atoms with E-state index in [4.69, 9.17) is 8.23 Å². The lowest BCUT2D eigenvalue weighted by atomic mass is 10.3. The first-order valence-corrected chi connectivity index (χ1v) is 22.7. The molecule has 7 heteroatoms. The van der Waals surface area contributed by atoms with E-state index in [9.17, 15) is 0 Å². The predicted octanol–water partition coefficient (Wildman–Crippen LogP) is 0.446. The average molecular weight is 469 g/mol. The molecular weight excluding hydrogens is 437 g/mol. The molecule has 0 radical (unpaired) electrons. The summed E-state index contributed by atoms with van der Waals surface area (Å²) >= 11 is 0. The first kappa shape index (κ1) is 22.4. The summed E-state index contributed by atoms with van der Waals surface area (Å²) < 4.78 is 13.2. The highest BCUT2D eigenvalue weighted by Gasteiger charge is 2.22. The third-order valence-electron chi connectivity index (χ3n) is 4.75. The van der Waals surface area contributed by atoms with Crippen molar-refractivity contribution in [2.24, 2.45) is 0 Å². The van der Waals surface area contributed by atoms with E-state index in [0.717, 1.165) is 0 Å². The van der Waals surface area contributed by atoms with Gasteiger partial charge in [-0.15, -0.1) is 0 Å². The number of hydrogen-bond acceptors (Lipinski definition) is 2. The van der Waals surface area contributed by atoms with Gasteiger partial charge in [-0.25, -0.2) is 0 Å². The zero-order valence-electron chi connectivity index (χ0n) is 17.9. The van der Waals surface area contributed by atoms with Gasteiger partial charge < -0.3 is 8.23 Å². The smallest absolute Gasteiger partial charge is 0.228 e. The Morgan fingerprint density at radius 1 is 0.552 bits per heavy atom. The second-order valence-electron chi connectivity index (χ2n) is 8.16. The van der Waals surface area contributed by atoms with E-state index in [2.05, 4.69) is 111 Å². The van der Waals surface area contributed by atoms with Gasteiger partial charge in [-0.2, -0.15) is 0 Å². The normalized spacial score (nSPS) is 14.0. The van der Waals surface area contributed by atoms with E-state index >= 15 is 0 Å². The topological polar surface area (TPSA) is 18.5 Å². The summed E-state index contributed by atoms with van der Waals surface area (Å²) in [6.45, 7) is 9.36. The minimum absolute atomic E-state index is 0.381. The molecule has 2 unspecified atom stereocenters. The van der Waals surface area contributed by atoms with E-state index in [1.807, 2.05) is 0 Å². The van der Waals surface area contributed by atoms with E-state index in [1.54, 1.807) is 0 Å². The molecule has 0 saturated carbocycles. The second-order valence-corrected chi connectivity index (χ2v) is 25.9. The average Bonchev–Trinajstić information content (AvgIpc) is 2.74. The Labute approximate surface area is 184 Å². The number of benzene rings is 3. The molecule has 0 fully saturated rings. The van der Waals surface area contributed by atoms with Gasteiger partial charge in [0.05, 0.1) is 0 Å². The quantitative estimate of drug-likeness (QED) is 0.425. The van der Waals surface area contributed by atoms with Gasteiger partial charge in [0, 0.05) is 8.31 Å². The Morgan fingerprint density at radius 3 is 1.41 bits per heavy atom. The van der Waals surface area contributed by atoms with Crippen LogP contribution in [0.25, 0.3) is 0 Å². The van der Waals surface area contributed by atoms with Gasteiger partial charge in [-0.1, -0.05) is 98.0 Å². The van der Waals surface area contributed by atoms with Gasteiger partial charge in [0.15, 0.2) is 9.04 Å². The van der Waals surface area contributed by atoms with Crippen molar-refractivity contribution in [1.82, 2.24) is 0 Å². The van der Waals surface area contributed by atoms with Crippen LogP contribution in [0.2, 0.25) is 26.2 Å². The highest BCUT2D eigenvalue weighted by atomic mass is 29.2. The molecule has 29 heavy (non-hydrogen) atoms. The first-order chi connectivity index (χ1) is 14.0. The lowest BCUT2D eigenvalue weighted by molar-refractivity contribution is 0.620. The second kappa shape index (κ2) is 11.2. The Hall–Kier alpha value is -1.34. The maximum Gasteiger partial charge on any atom is 0.228 e. The predicted molar refractivity (Wildman–Crippen MR) is 141 cm³/mol. The van der Waals surface area contributed by atoms with Crippen LogP contribution in [0.3, 0.4) is 0 Å². The van der Waals surface area contributed by atoms with Crippen LogP contribution in [-0.4, -0.2) is 44.7 Å². The van der Waals surface area contributed by atoms with Crippen molar-refractivity contribution >= 4 is 65.5 Å². The van der Waals surface area contributed by atoms with Gasteiger partial charge in [0.1, 0.15) is 9.28 Å². The Balaban J connectivity index is 1.89. The summed E-state index contributed by atoms with van der Waals surface area (Å²) in [7, 11) is -5.31. The van der Waals surface area contributed by atoms with Crippen molar-refractivity contribution in [3.8, 4) is 0 Å². The van der Waals surface area contributed by atoms with Crippen molar-refractivity contribution in [3.63, 3.8) is 0 Å². The molecule has 0 spiro atoms. The fraction of sp³-hybridized carbons (Fsp3) is 0.182. The molecule has 0 bridgehead atoms. The van der Waals surface area contributed by atoms with E-state index in [-0.39, 0.29) is 9.28 Å². The Kier molecular flexibility index (Phi) is 8.60. The largest absolute Gasteiger partial charge is 0.459 e. The standard InChI is InChI=1S/C22H32O2Si5/c1-26(2)24-29(20-13-9-6-10-14-20)22-17-15-21(16-18-22)28(23-25-27(3)4)19-11-7-5-8-12-19/h5-18,26-29H,25H2,1-4H3. The molecule has 0 N–H and O–H groups in total. The molecule has 3 rings (SSSR count). The molecule has 0 saturated heterocycles. The van der Waals surface area contributed by atoms with E-state index in [0.29, 0.717) is 0 Å². The van der Waals surface area contributed by atoms with Crippen molar-refractivity contribution < 1.29 is 8.23 Å². The molecule has 2 atom stereocenters. The van der Waals surface area contributed by atoms with Gasteiger partial charge in [-0.05, 0) is 33.8 Å². The van der Waals surface area contributed by atoms with Crippen molar-refractivity contribution in [3.05, 3.63) is 84.9 Å². The molecule has 0 aromatic heterocycles. The molecule has 0 aliphatic rings. The lowest BCUT2D eigenvalue weighted by Crippen LogP contribution is -2.50. The highest BCUT2D eigenvalue weighted by Crippen LogP contribution is 1.99. The number of hydrogen-bond donors (Lipinski definition) is 0. The van der Waals surface area contributed by atoms with Crippen LogP contribution < -0.4 is 20.7 Å². The summed E-state index contributed by atoms with van der Waals surface area (Å²) in [4.78, 5) is 0. The number of rotatable bonds is 9. The monoisotopic (exact) mass is 468 g/mol. The molecule has 3 aromatic rings.